The van der Waals surface area contributed by atoms with Crippen molar-refractivity contribution in [2.24, 2.45) is 0 Å². The summed E-state index contributed by atoms with van der Waals surface area (Å²) in [6.07, 6.45) is 2.73. The van der Waals surface area contributed by atoms with Gasteiger partial charge in [-0.1, -0.05) is 70.1 Å². The predicted molar refractivity (Wildman–Crippen MR) is 147 cm³/mol. The monoisotopic (exact) mass is 598 g/mol. The van der Waals surface area contributed by atoms with Crippen LogP contribution in [0.4, 0.5) is 37.3 Å². The van der Waals surface area contributed by atoms with Crippen molar-refractivity contribution in [2.75, 3.05) is 11.1 Å². The fraction of sp³-hybridized carbons (Fsp3) is 0. The SMILES string of the molecule is Fc1c(Cl)ccnc1Cl.[C-]#[N+]c1ccc(N)c(Cl)c1.[C-]#[N+]c1ccc(Nc2nccc(Cl)c2F)c(Cl)c1. The van der Waals surface area contributed by atoms with Crippen molar-refractivity contribution in [2.45, 2.75) is 0 Å². The van der Waals surface area contributed by atoms with E-state index in [1.165, 1.54) is 30.6 Å². The van der Waals surface area contributed by atoms with Crippen LogP contribution in [0.5, 0.6) is 0 Å². The maximum atomic E-state index is 13.6. The summed E-state index contributed by atoms with van der Waals surface area (Å²) < 4.78 is 26.0. The molecule has 0 radical (unpaired) electrons. The zero-order valence-electron chi connectivity index (χ0n) is 18.3. The highest BCUT2D eigenvalue weighted by molar-refractivity contribution is 6.34. The molecule has 0 amide bonds. The molecule has 2 heterocycles. The molecule has 2 aromatic carbocycles. The normalized spacial score (nSPS) is 9.54. The Bertz CT molecular complexity index is 1470. The van der Waals surface area contributed by atoms with Gasteiger partial charge in [0.1, 0.15) is 0 Å². The molecule has 0 saturated carbocycles. The van der Waals surface area contributed by atoms with E-state index in [0.717, 1.165) is 0 Å². The highest BCUT2D eigenvalue weighted by Gasteiger charge is 2.10. The Morgan fingerprint density at radius 1 is 0.703 bits per heavy atom. The molecule has 0 aliphatic rings. The second-order valence-electron chi connectivity index (χ2n) is 6.57. The second kappa shape index (κ2) is 14.4. The molecule has 0 fully saturated rings. The molecule has 0 saturated heterocycles. The van der Waals surface area contributed by atoms with Crippen molar-refractivity contribution >= 4 is 86.6 Å². The van der Waals surface area contributed by atoms with Crippen LogP contribution in [0.1, 0.15) is 0 Å². The van der Waals surface area contributed by atoms with Crippen LogP contribution in [-0.4, -0.2) is 9.97 Å². The lowest BCUT2D eigenvalue weighted by atomic mass is 10.3. The smallest absolute Gasteiger partial charge is 0.188 e. The van der Waals surface area contributed by atoms with Gasteiger partial charge in [0.15, 0.2) is 34.0 Å². The van der Waals surface area contributed by atoms with Gasteiger partial charge in [-0.2, -0.15) is 0 Å². The number of nitrogens with one attached hydrogen (secondary N) is 1. The van der Waals surface area contributed by atoms with Gasteiger partial charge >= 0.3 is 0 Å². The lowest BCUT2D eigenvalue weighted by Crippen LogP contribution is -1.97. The van der Waals surface area contributed by atoms with Gasteiger partial charge in [-0.15, -0.1) is 0 Å². The first-order valence-corrected chi connectivity index (χ1v) is 11.6. The average Bonchev–Trinajstić information content (AvgIpc) is 2.88. The fourth-order valence-electron chi connectivity index (χ4n) is 2.29. The maximum absolute atomic E-state index is 13.6. The van der Waals surface area contributed by atoms with Gasteiger partial charge in [0, 0.05) is 18.1 Å². The molecule has 3 N–H and O–H groups in total. The molecule has 0 atom stereocenters. The van der Waals surface area contributed by atoms with Gasteiger partial charge < -0.3 is 11.1 Å². The minimum absolute atomic E-state index is 0.00463. The third-order valence-corrected chi connectivity index (χ3v) is 5.58. The van der Waals surface area contributed by atoms with Crippen molar-refractivity contribution < 1.29 is 8.78 Å². The summed E-state index contributed by atoms with van der Waals surface area (Å²) in [6.45, 7) is 13.5. The molecule has 0 bridgehead atoms. The Balaban J connectivity index is 0.000000214. The van der Waals surface area contributed by atoms with E-state index in [0.29, 0.717) is 32.8 Å². The Hall–Kier alpha value is -3.37. The molecule has 0 aliphatic carbocycles. The summed E-state index contributed by atoms with van der Waals surface area (Å²) in [5.41, 5.74) is 7.29. The highest BCUT2D eigenvalue weighted by atomic mass is 35.5. The van der Waals surface area contributed by atoms with Crippen LogP contribution < -0.4 is 11.1 Å². The molecule has 0 spiro atoms. The van der Waals surface area contributed by atoms with E-state index < -0.39 is 11.6 Å². The number of rotatable bonds is 2. The topological polar surface area (TPSA) is 72.5 Å². The van der Waals surface area contributed by atoms with E-state index in [4.69, 9.17) is 76.9 Å². The predicted octanol–water partition coefficient (Wildman–Crippen LogP) is 9.82. The molecule has 188 valence electrons. The van der Waals surface area contributed by atoms with Crippen LogP contribution in [0.3, 0.4) is 0 Å². The van der Waals surface area contributed by atoms with Crippen LogP contribution in [0, 0.1) is 24.8 Å². The number of anilines is 3. The fourth-order valence-corrected chi connectivity index (χ4v) is 3.19. The first kappa shape index (κ1) is 29.9. The van der Waals surface area contributed by atoms with Crippen LogP contribution in [0.15, 0.2) is 60.9 Å². The van der Waals surface area contributed by atoms with Crippen LogP contribution in [0.2, 0.25) is 25.2 Å². The van der Waals surface area contributed by atoms with Gasteiger partial charge in [-0.05, 0) is 36.4 Å². The summed E-state index contributed by atoms with van der Waals surface area (Å²) in [4.78, 5) is 13.7. The van der Waals surface area contributed by atoms with Gasteiger partial charge in [-0.25, -0.2) is 28.4 Å². The summed E-state index contributed by atoms with van der Waals surface area (Å²) in [5.74, 6) is -1.33. The summed E-state index contributed by atoms with van der Waals surface area (Å²) in [5, 5.41) is 3.25. The highest BCUT2D eigenvalue weighted by Crippen LogP contribution is 2.31. The zero-order valence-corrected chi connectivity index (χ0v) is 22.1. The zero-order chi connectivity index (χ0) is 27.5. The standard InChI is InChI=1S/C12H6Cl2FN3.C7H5ClN2.C5H2Cl2FN/c1-16-7-2-3-10(9(14)6-7)18-12-11(15)8(13)4-5-17-12;1-10-5-2-3-7(9)6(8)4-5;6-3-1-2-9-5(7)4(3)8/h2-6H,(H,17,18);2-4H,9H2;1-2H. The number of nitrogens with two attached hydrogens (primary N) is 1. The third kappa shape index (κ3) is 8.91. The molecule has 0 unspecified atom stereocenters. The maximum Gasteiger partial charge on any atom is 0.188 e. The molecule has 0 aliphatic heterocycles. The van der Waals surface area contributed by atoms with E-state index in [1.54, 1.807) is 30.3 Å². The van der Waals surface area contributed by atoms with E-state index in [9.17, 15) is 8.78 Å². The Labute approximate surface area is 236 Å². The summed E-state index contributed by atoms with van der Waals surface area (Å²) in [7, 11) is 0. The lowest BCUT2D eigenvalue weighted by Gasteiger charge is -2.09. The third-order valence-electron chi connectivity index (χ3n) is 4.09. The van der Waals surface area contributed by atoms with Gasteiger partial charge in [0.25, 0.3) is 0 Å². The minimum atomic E-state index is -0.666. The van der Waals surface area contributed by atoms with Crippen molar-refractivity contribution in [1.82, 2.24) is 9.97 Å². The lowest BCUT2D eigenvalue weighted by molar-refractivity contribution is 0.622. The first-order chi connectivity index (χ1) is 17.6. The number of benzene rings is 2. The Morgan fingerprint density at radius 3 is 1.76 bits per heavy atom. The number of hydrogen-bond acceptors (Lipinski definition) is 4. The van der Waals surface area contributed by atoms with Crippen molar-refractivity contribution in [3.63, 3.8) is 0 Å². The van der Waals surface area contributed by atoms with E-state index in [2.05, 4.69) is 25.0 Å². The van der Waals surface area contributed by atoms with Gasteiger partial charge in [-0.3, -0.25) is 0 Å². The molecule has 6 nitrogen and oxygen atoms in total. The quantitative estimate of drug-likeness (QED) is 0.136. The van der Waals surface area contributed by atoms with Crippen molar-refractivity contribution in [3.05, 3.63) is 121 Å². The molecule has 37 heavy (non-hydrogen) atoms. The Kier molecular flexibility index (Phi) is 11.6. The number of pyridine rings is 2. The van der Waals surface area contributed by atoms with E-state index in [-0.39, 0.29) is 21.0 Å². The number of nitrogens with zero attached hydrogens (tertiary/aromatic N) is 4. The molecular weight excluding hydrogens is 588 g/mol. The molecule has 4 rings (SSSR count). The molecular formula is C24H13Cl5F2N6. The summed E-state index contributed by atoms with van der Waals surface area (Å²) >= 11 is 27.8. The minimum Gasteiger partial charge on any atom is -0.398 e. The number of nitrogen functional groups attached to an aromatic ring is 1. The average molecular weight is 601 g/mol. The van der Waals surface area contributed by atoms with Crippen LogP contribution >= 0.6 is 58.0 Å². The van der Waals surface area contributed by atoms with E-state index in [1.807, 2.05) is 0 Å². The summed E-state index contributed by atoms with van der Waals surface area (Å²) in [6, 6.07) is 12.1. The van der Waals surface area contributed by atoms with Gasteiger partial charge in [0.05, 0.1) is 38.9 Å². The van der Waals surface area contributed by atoms with Crippen molar-refractivity contribution in [1.29, 1.82) is 0 Å². The van der Waals surface area contributed by atoms with Crippen LogP contribution in [-0.2, 0) is 0 Å². The number of hydrogen-bond donors (Lipinski definition) is 2. The van der Waals surface area contributed by atoms with Crippen LogP contribution in [0.25, 0.3) is 9.69 Å². The van der Waals surface area contributed by atoms with Crippen molar-refractivity contribution in [3.8, 4) is 0 Å². The number of aromatic nitrogens is 2. The Morgan fingerprint density at radius 2 is 1.24 bits per heavy atom. The number of halogens is 7. The molecule has 4 aromatic rings. The molecule has 2 aromatic heterocycles. The largest absolute Gasteiger partial charge is 0.398 e. The molecule has 13 heteroatoms. The first-order valence-electron chi connectivity index (χ1n) is 9.69. The van der Waals surface area contributed by atoms with E-state index >= 15 is 0 Å². The second-order valence-corrected chi connectivity index (χ2v) is 8.56. The van der Waals surface area contributed by atoms with Gasteiger partial charge in [0.2, 0.25) is 0 Å².